The first-order chi connectivity index (χ1) is 9.12. The lowest BCUT2D eigenvalue weighted by Crippen LogP contribution is -2.17. The van der Waals surface area contributed by atoms with Crippen LogP contribution in [0.4, 0.5) is 0 Å². The maximum atomic E-state index is 11.4. The van der Waals surface area contributed by atoms with E-state index in [9.17, 15) is 4.79 Å². The summed E-state index contributed by atoms with van der Waals surface area (Å²) in [5.41, 5.74) is 6.79. The highest BCUT2D eigenvalue weighted by Gasteiger charge is 2.15. The van der Waals surface area contributed by atoms with Crippen molar-refractivity contribution in [1.82, 2.24) is 0 Å². The number of hydrogen-bond donors (Lipinski definition) is 1. The Labute approximate surface area is 125 Å². The van der Waals surface area contributed by atoms with Gasteiger partial charge in [-0.25, -0.2) is 0 Å². The van der Waals surface area contributed by atoms with Gasteiger partial charge in [0.25, 0.3) is 0 Å². The van der Waals surface area contributed by atoms with Crippen LogP contribution in [-0.2, 0) is 9.53 Å². The van der Waals surface area contributed by atoms with E-state index in [0.29, 0.717) is 24.7 Å². The molecule has 0 saturated heterocycles. The van der Waals surface area contributed by atoms with E-state index in [0.717, 1.165) is 5.56 Å². The molecule has 20 heavy (non-hydrogen) atoms. The predicted molar refractivity (Wildman–Crippen MR) is 79.6 cm³/mol. The third-order valence-electron chi connectivity index (χ3n) is 2.61. The van der Waals surface area contributed by atoms with Crippen molar-refractivity contribution in [2.45, 2.75) is 26.3 Å². The van der Waals surface area contributed by atoms with Crippen LogP contribution in [0.25, 0.3) is 0 Å². The summed E-state index contributed by atoms with van der Waals surface area (Å²) in [4.78, 5) is 11.4. The molecule has 0 aliphatic heterocycles. The Bertz CT molecular complexity index is 426. The second-order valence-electron chi connectivity index (χ2n) is 3.96. The highest BCUT2D eigenvalue weighted by Crippen LogP contribution is 2.30. The van der Waals surface area contributed by atoms with Crippen LogP contribution < -0.4 is 15.2 Å². The molecule has 0 aromatic heterocycles. The normalized spacial score (nSPS) is 11.2. The molecule has 0 radical (unpaired) electrons. The van der Waals surface area contributed by atoms with Gasteiger partial charge in [0.15, 0.2) is 11.5 Å². The van der Waals surface area contributed by atoms with Gasteiger partial charge < -0.3 is 19.9 Å². The summed E-state index contributed by atoms with van der Waals surface area (Å²) in [7, 11) is 1.57. The van der Waals surface area contributed by atoms with Gasteiger partial charge in [-0.15, -0.1) is 12.4 Å². The van der Waals surface area contributed by atoms with Crippen LogP contribution in [0.2, 0.25) is 0 Å². The number of esters is 1. The number of carbonyl (C=O) groups excluding carboxylic acids is 1. The topological polar surface area (TPSA) is 70.8 Å². The number of halogens is 1. The van der Waals surface area contributed by atoms with E-state index in [2.05, 4.69) is 0 Å². The molecule has 0 heterocycles. The molecule has 5 nitrogen and oxygen atoms in total. The summed E-state index contributed by atoms with van der Waals surface area (Å²) in [6.45, 7) is 4.59. The van der Waals surface area contributed by atoms with E-state index in [4.69, 9.17) is 19.9 Å². The molecule has 1 aromatic carbocycles. The number of ether oxygens (including phenoxy) is 3. The van der Waals surface area contributed by atoms with Crippen molar-refractivity contribution >= 4 is 18.4 Å². The fourth-order valence-electron chi connectivity index (χ4n) is 1.71. The lowest BCUT2D eigenvalue weighted by Gasteiger charge is -2.15. The standard InChI is InChI=1S/C14H21NO4.ClH/c1-4-18-12-7-6-10(8-13(12)17-3)11(15)9-14(16)19-5-2;/h6-8,11H,4-5,9,15H2,1-3H3;1H. The zero-order chi connectivity index (χ0) is 14.3. The van der Waals surface area contributed by atoms with E-state index in [1.54, 1.807) is 26.2 Å². The number of hydrogen-bond acceptors (Lipinski definition) is 5. The van der Waals surface area contributed by atoms with Crippen LogP contribution in [-0.4, -0.2) is 26.3 Å². The first-order valence-corrected chi connectivity index (χ1v) is 6.34. The fraction of sp³-hybridized carbons (Fsp3) is 0.500. The van der Waals surface area contributed by atoms with E-state index < -0.39 is 6.04 Å². The molecule has 2 N–H and O–H groups in total. The first kappa shape index (κ1) is 18.5. The monoisotopic (exact) mass is 303 g/mol. The van der Waals surface area contributed by atoms with Crippen LogP contribution in [0.3, 0.4) is 0 Å². The molecule has 0 bridgehead atoms. The van der Waals surface area contributed by atoms with Crippen molar-refractivity contribution in [2.75, 3.05) is 20.3 Å². The Morgan fingerprint density at radius 2 is 1.95 bits per heavy atom. The SMILES string of the molecule is CCOC(=O)CC(N)c1ccc(OCC)c(OC)c1.Cl. The number of methoxy groups -OCH3 is 1. The summed E-state index contributed by atoms with van der Waals surface area (Å²) < 4.78 is 15.5. The quantitative estimate of drug-likeness (QED) is 0.784. The van der Waals surface area contributed by atoms with Crippen molar-refractivity contribution < 1.29 is 19.0 Å². The molecule has 1 atom stereocenters. The molecule has 0 aliphatic rings. The van der Waals surface area contributed by atoms with E-state index >= 15 is 0 Å². The van der Waals surface area contributed by atoms with Gasteiger partial charge in [0.1, 0.15) is 0 Å². The largest absolute Gasteiger partial charge is 0.493 e. The van der Waals surface area contributed by atoms with Crippen molar-refractivity contribution in [3.8, 4) is 11.5 Å². The molecule has 0 spiro atoms. The minimum Gasteiger partial charge on any atom is -0.493 e. The van der Waals surface area contributed by atoms with Gasteiger partial charge in [-0.3, -0.25) is 4.79 Å². The molecular weight excluding hydrogens is 282 g/mol. The first-order valence-electron chi connectivity index (χ1n) is 6.34. The van der Waals surface area contributed by atoms with Gasteiger partial charge in [-0.1, -0.05) is 6.07 Å². The van der Waals surface area contributed by atoms with Crippen LogP contribution >= 0.6 is 12.4 Å². The molecule has 6 heteroatoms. The Hall–Kier alpha value is -1.46. The summed E-state index contributed by atoms with van der Waals surface area (Å²) in [5.74, 6) is 0.971. The summed E-state index contributed by atoms with van der Waals surface area (Å²) in [6.07, 6.45) is 0.144. The third-order valence-corrected chi connectivity index (χ3v) is 2.61. The second-order valence-corrected chi connectivity index (χ2v) is 3.96. The minimum atomic E-state index is -0.413. The highest BCUT2D eigenvalue weighted by molar-refractivity contribution is 5.85. The van der Waals surface area contributed by atoms with Crippen molar-refractivity contribution in [1.29, 1.82) is 0 Å². The maximum absolute atomic E-state index is 11.4. The summed E-state index contributed by atoms with van der Waals surface area (Å²) in [5, 5.41) is 0. The lowest BCUT2D eigenvalue weighted by atomic mass is 10.0. The van der Waals surface area contributed by atoms with Crippen molar-refractivity contribution in [3.05, 3.63) is 23.8 Å². The number of rotatable bonds is 7. The van der Waals surface area contributed by atoms with Gasteiger partial charge >= 0.3 is 5.97 Å². The summed E-state index contributed by atoms with van der Waals surface area (Å²) >= 11 is 0. The average Bonchev–Trinajstić information content (AvgIpc) is 2.39. The summed E-state index contributed by atoms with van der Waals surface area (Å²) in [6, 6.07) is 5.00. The van der Waals surface area contributed by atoms with Gasteiger partial charge in [0.05, 0.1) is 26.7 Å². The molecule has 0 aliphatic carbocycles. The number of nitrogens with two attached hydrogens (primary N) is 1. The zero-order valence-corrected chi connectivity index (χ0v) is 12.9. The van der Waals surface area contributed by atoms with E-state index in [-0.39, 0.29) is 24.8 Å². The third kappa shape index (κ3) is 5.27. The van der Waals surface area contributed by atoms with Crippen LogP contribution in [0.1, 0.15) is 31.9 Å². The lowest BCUT2D eigenvalue weighted by molar-refractivity contribution is -0.143. The van der Waals surface area contributed by atoms with Crippen LogP contribution in [0.5, 0.6) is 11.5 Å². The number of carbonyl (C=O) groups is 1. The number of benzene rings is 1. The molecule has 1 aromatic rings. The van der Waals surface area contributed by atoms with E-state index in [1.165, 1.54) is 0 Å². The molecule has 114 valence electrons. The van der Waals surface area contributed by atoms with Gasteiger partial charge in [-0.2, -0.15) is 0 Å². The van der Waals surface area contributed by atoms with Crippen LogP contribution in [0, 0.1) is 0 Å². The Balaban J connectivity index is 0.00000361. The van der Waals surface area contributed by atoms with E-state index in [1.807, 2.05) is 13.0 Å². The molecular formula is C14H22ClNO4. The van der Waals surface area contributed by atoms with Crippen LogP contribution in [0.15, 0.2) is 18.2 Å². The van der Waals surface area contributed by atoms with Crippen molar-refractivity contribution in [2.24, 2.45) is 5.73 Å². The van der Waals surface area contributed by atoms with Crippen molar-refractivity contribution in [3.63, 3.8) is 0 Å². The smallest absolute Gasteiger partial charge is 0.307 e. The van der Waals surface area contributed by atoms with Gasteiger partial charge in [0.2, 0.25) is 0 Å². The second kappa shape index (κ2) is 9.44. The molecule has 1 unspecified atom stereocenters. The molecule has 0 fully saturated rings. The highest BCUT2D eigenvalue weighted by atomic mass is 35.5. The Kier molecular flexibility index (Phi) is 8.76. The average molecular weight is 304 g/mol. The molecule has 0 amide bonds. The van der Waals surface area contributed by atoms with Gasteiger partial charge in [0, 0.05) is 6.04 Å². The van der Waals surface area contributed by atoms with Gasteiger partial charge in [-0.05, 0) is 31.5 Å². The zero-order valence-electron chi connectivity index (χ0n) is 12.0. The Morgan fingerprint density at radius 1 is 1.25 bits per heavy atom. The molecule has 0 saturated carbocycles. The maximum Gasteiger partial charge on any atom is 0.307 e. The predicted octanol–water partition coefficient (Wildman–Crippen LogP) is 2.47. The Morgan fingerprint density at radius 3 is 2.50 bits per heavy atom. The minimum absolute atomic E-state index is 0. The molecule has 1 rings (SSSR count). The fourth-order valence-corrected chi connectivity index (χ4v) is 1.71.